The Hall–Kier alpha value is -3.47. The molecule has 0 aliphatic carbocycles. The Kier molecular flexibility index (Phi) is 5.59. The van der Waals surface area contributed by atoms with Gasteiger partial charge in [0.15, 0.2) is 5.58 Å². The van der Waals surface area contributed by atoms with Gasteiger partial charge in [-0.1, -0.05) is 35.3 Å². The molecule has 1 saturated heterocycles. The average molecular weight is 461 g/mol. The van der Waals surface area contributed by atoms with E-state index in [0.29, 0.717) is 16.1 Å². The number of aromatic nitrogens is 1. The van der Waals surface area contributed by atoms with Gasteiger partial charge >= 0.3 is 6.03 Å². The predicted molar refractivity (Wildman–Crippen MR) is 114 cm³/mol. The first kappa shape index (κ1) is 20.8. The van der Waals surface area contributed by atoms with Crippen LogP contribution in [0.15, 0.2) is 52.0 Å². The lowest BCUT2D eigenvalue weighted by atomic mass is 9.92. The molecule has 2 heterocycles. The molecule has 0 spiro atoms. The van der Waals surface area contributed by atoms with Crippen LogP contribution in [0.3, 0.4) is 0 Å². The van der Waals surface area contributed by atoms with Crippen LogP contribution >= 0.6 is 23.2 Å². The van der Waals surface area contributed by atoms with Gasteiger partial charge in [-0.3, -0.25) is 19.9 Å². The van der Waals surface area contributed by atoms with Crippen LogP contribution in [-0.2, 0) is 9.59 Å². The third kappa shape index (κ3) is 3.96. The third-order valence-corrected chi connectivity index (χ3v) is 5.10. The minimum absolute atomic E-state index is 0.0184. The van der Waals surface area contributed by atoms with Crippen LogP contribution in [0.25, 0.3) is 11.1 Å². The summed E-state index contributed by atoms with van der Waals surface area (Å²) in [7, 11) is 0. The highest BCUT2D eigenvalue weighted by atomic mass is 35.5. The number of carbonyl (C=O) groups is 3. The van der Waals surface area contributed by atoms with Gasteiger partial charge < -0.3 is 4.42 Å². The Bertz CT molecular complexity index is 1210. The number of halogens is 2. The number of nitrogens with one attached hydrogen (secondary N) is 2. The topological polar surface area (TPSA) is 143 Å². The van der Waals surface area contributed by atoms with Crippen molar-refractivity contribution in [1.29, 1.82) is 0 Å². The Morgan fingerprint density at radius 1 is 1.23 bits per heavy atom. The van der Waals surface area contributed by atoms with Crippen LogP contribution in [0.1, 0.15) is 11.8 Å². The summed E-state index contributed by atoms with van der Waals surface area (Å²) >= 11 is 12.2. The molecule has 1 aliphatic rings. The van der Waals surface area contributed by atoms with Gasteiger partial charge in [0.25, 0.3) is 5.91 Å². The number of hydrazone groups is 1. The SMILES string of the molecule is NNC(=O)NN=C1CN(c2ccc(Cl)cc2Cl)C(=O)C(=O)C1c1nc2ccccc2o1. The molecule has 3 aromatic rings. The minimum atomic E-state index is -1.24. The Balaban J connectivity index is 1.78. The van der Waals surface area contributed by atoms with Gasteiger partial charge in [0.1, 0.15) is 11.4 Å². The Morgan fingerprint density at radius 3 is 2.71 bits per heavy atom. The number of piperidine rings is 1. The van der Waals surface area contributed by atoms with E-state index < -0.39 is 23.6 Å². The highest BCUT2D eigenvalue weighted by Gasteiger charge is 2.44. The standard InChI is InChI=1S/C19H14Cl2N6O4/c20-9-5-6-13(10(21)7-9)27-8-12(25-26-19(30)24-22)15(16(28)18(27)29)17-23-11-3-1-2-4-14(11)31-17/h1-7,15H,8,22H2,(H2,24,26,30). The lowest BCUT2D eigenvalue weighted by molar-refractivity contribution is -0.137. The number of nitrogens with two attached hydrogens (primary N) is 1. The van der Waals surface area contributed by atoms with E-state index in [1.165, 1.54) is 18.2 Å². The molecule has 1 atom stereocenters. The molecule has 0 bridgehead atoms. The first-order chi connectivity index (χ1) is 14.9. The van der Waals surface area contributed by atoms with E-state index in [2.05, 4.69) is 15.5 Å². The fourth-order valence-electron chi connectivity index (χ4n) is 3.15. The van der Waals surface area contributed by atoms with E-state index in [0.717, 1.165) is 4.90 Å². The van der Waals surface area contributed by atoms with E-state index in [1.54, 1.807) is 24.3 Å². The van der Waals surface area contributed by atoms with Crippen LogP contribution in [0.4, 0.5) is 10.5 Å². The van der Waals surface area contributed by atoms with E-state index in [9.17, 15) is 14.4 Å². The van der Waals surface area contributed by atoms with Crippen molar-refractivity contribution in [3.05, 3.63) is 58.4 Å². The maximum absolute atomic E-state index is 13.1. The summed E-state index contributed by atoms with van der Waals surface area (Å²) < 4.78 is 5.69. The second kappa shape index (κ2) is 8.34. The molecule has 12 heteroatoms. The number of urea groups is 1. The summed E-state index contributed by atoms with van der Waals surface area (Å²) in [5.74, 6) is 2.12. The van der Waals surface area contributed by atoms with Crippen molar-refractivity contribution < 1.29 is 18.8 Å². The Morgan fingerprint density at radius 2 is 2.00 bits per heavy atom. The molecule has 1 unspecified atom stereocenters. The zero-order valence-electron chi connectivity index (χ0n) is 15.6. The second-order valence-corrected chi connectivity index (χ2v) is 7.34. The van der Waals surface area contributed by atoms with Crippen molar-refractivity contribution in [3.8, 4) is 0 Å². The van der Waals surface area contributed by atoms with Crippen molar-refractivity contribution in [2.75, 3.05) is 11.4 Å². The van der Waals surface area contributed by atoms with Crippen LogP contribution in [0.2, 0.25) is 10.0 Å². The van der Waals surface area contributed by atoms with Gasteiger partial charge in [-0.25, -0.2) is 21.0 Å². The number of Topliss-reactive ketones (excluding diaryl/α,β-unsaturated/α-hetero) is 1. The van der Waals surface area contributed by atoms with Crippen LogP contribution in [0, 0.1) is 0 Å². The van der Waals surface area contributed by atoms with E-state index in [-0.39, 0.29) is 28.9 Å². The zero-order valence-corrected chi connectivity index (χ0v) is 17.1. The van der Waals surface area contributed by atoms with Gasteiger partial charge in [-0.15, -0.1) is 0 Å². The summed E-state index contributed by atoms with van der Waals surface area (Å²) in [5, 5.41) is 4.51. The molecule has 1 aromatic heterocycles. The molecule has 4 N–H and O–H groups in total. The summed E-state index contributed by atoms with van der Waals surface area (Å²) in [6, 6.07) is 10.6. The van der Waals surface area contributed by atoms with E-state index in [1.807, 2.05) is 5.43 Å². The van der Waals surface area contributed by atoms with E-state index in [4.69, 9.17) is 33.5 Å². The number of oxazole rings is 1. The van der Waals surface area contributed by atoms with Crippen LogP contribution < -0.4 is 21.6 Å². The van der Waals surface area contributed by atoms with Gasteiger partial charge in [-0.2, -0.15) is 5.10 Å². The highest BCUT2D eigenvalue weighted by molar-refractivity contribution is 6.50. The van der Waals surface area contributed by atoms with Crippen molar-refractivity contribution in [1.82, 2.24) is 15.8 Å². The quantitative estimate of drug-likeness (QED) is 0.237. The lowest BCUT2D eigenvalue weighted by Crippen LogP contribution is -2.52. The molecule has 31 heavy (non-hydrogen) atoms. The number of para-hydroxylation sites is 2. The maximum Gasteiger partial charge on any atom is 0.349 e. The normalized spacial score (nSPS) is 18.0. The van der Waals surface area contributed by atoms with Crippen molar-refractivity contribution >= 4 is 63.4 Å². The molecule has 1 aliphatic heterocycles. The molecular weight excluding hydrogens is 447 g/mol. The number of fused-ring (bicyclic) bond motifs is 1. The molecule has 3 amide bonds. The number of ketones is 1. The van der Waals surface area contributed by atoms with Gasteiger partial charge in [0, 0.05) is 5.02 Å². The number of amides is 3. The molecule has 4 rings (SSSR count). The third-order valence-electron chi connectivity index (χ3n) is 4.56. The zero-order chi connectivity index (χ0) is 22.1. The molecule has 0 radical (unpaired) electrons. The smallest absolute Gasteiger partial charge is 0.349 e. The molecule has 1 fully saturated rings. The maximum atomic E-state index is 13.1. The van der Waals surface area contributed by atoms with Gasteiger partial charge in [-0.05, 0) is 30.3 Å². The number of anilines is 1. The fraction of sp³-hybridized carbons (Fsp3) is 0.105. The number of nitrogens with zero attached hydrogens (tertiary/aromatic N) is 3. The highest BCUT2D eigenvalue weighted by Crippen LogP contribution is 2.34. The Labute approximate surface area is 184 Å². The predicted octanol–water partition coefficient (Wildman–Crippen LogP) is 2.36. The summed E-state index contributed by atoms with van der Waals surface area (Å²) in [6.07, 6.45) is 0. The first-order valence-corrected chi connectivity index (χ1v) is 9.64. The van der Waals surface area contributed by atoms with Gasteiger partial charge in [0.2, 0.25) is 11.7 Å². The minimum Gasteiger partial charge on any atom is -0.439 e. The monoisotopic (exact) mass is 460 g/mol. The number of hydrogen-bond donors (Lipinski definition) is 3. The first-order valence-electron chi connectivity index (χ1n) is 8.88. The number of hydrazine groups is 1. The largest absolute Gasteiger partial charge is 0.439 e. The molecule has 158 valence electrons. The number of benzene rings is 2. The van der Waals surface area contributed by atoms with Crippen LogP contribution in [0.5, 0.6) is 0 Å². The fourth-order valence-corrected chi connectivity index (χ4v) is 3.66. The molecule has 2 aromatic carbocycles. The van der Waals surface area contributed by atoms with Crippen LogP contribution in [-0.4, -0.2) is 35.0 Å². The van der Waals surface area contributed by atoms with Gasteiger partial charge in [0.05, 0.1) is 23.0 Å². The second-order valence-electron chi connectivity index (χ2n) is 6.49. The molecule has 0 saturated carbocycles. The molecular formula is C19H14Cl2N6O4. The van der Waals surface area contributed by atoms with Crippen molar-refractivity contribution in [3.63, 3.8) is 0 Å². The van der Waals surface area contributed by atoms with Crippen molar-refractivity contribution in [2.45, 2.75) is 5.92 Å². The lowest BCUT2D eigenvalue weighted by Gasteiger charge is -2.31. The summed E-state index contributed by atoms with van der Waals surface area (Å²) in [6.45, 7) is -0.166. The number of carbonyl (C=O) groups excluding carboxylic acids is 3. The summed E-state index contributed by atoms with van der Waals surface area (Å²) in [5.41, 5.74) is 5.34. The molecule has 10 nitrogen and oxygen atoms in total. The van der Waals surface area contributed by atoms with E-state index >= 15 is 0 Å². The number of hydrogen-bond acceptors (Lipinski definition) is 7. The van der Waals surface area contributed by atoms with Crippen molar-refractivity contribution in [2.24, 2.45) is 10.9 Å². The number of rotatable bonds is 3. The average Bonchev–Trinajstić information content (AvgIpc) is 3.18. The summed E-state index contributed by atoms with van der Waals surface area (Å²) in [4.78, 5) is 43.0.